The Morgan fingerprint density at radius 3 is 2.44 bits per heavy atom. The number of amides is 1. The van der Waals surface area contributed by atoms with Crippen molar-refractivity contribution in [1.29, 1.82) is 0 Å². The van der Waals surface area contributed by atoms with E-state index in [1.54, 1.807) is 13.8 Å². The molecule has 0 saturated heterocycles. The maximum atomic E-state index is 13.4. The third-order valence-electron chi connectivity index (χ3n) is 3.15. The van der Waals surface area contributed by atoms with Gasteiger partial charge in [0.25, 0.3) is 5.91 Å². The molecule has 0 radical (unpaired) electrons. The molecular weight excluding hydrogens is 340 g/mol. The first-order valence-corrected chi connectivity index (χ1v) is 7.86. The Kier molecular flexibility index (Phi) is 8.17. The summed E-state index contributed by atoms with van der Waals surface area (Å²) in [4.78, 5) is 15.7. The average molecular weight is 362 g/mol. The molecule has 0 aliphatic rings. The Morgan fingerprint density at radius 1 is 1.16 bits per heavy atom. The lowest BCUT2D eigenvalue weighted by Gasteiger charge is -2.12. The largest absolute Gasteiger partial charge is 0.390 e. The summed E-state index contributed by atoms with van der Waals surface area (Å²) in [5.74, 6) is -0.654. The molecule has 1 amide bonds. The monoisotopic (exact) mass is 362 g/mol. The van der Waals surface area contributed by atoms with Gasteiger partial charge >= 0.3 is 6.18 Å². The molecule has 0 spiro atoms. The number of halogens is 4. The minimum atomic E-state index is -4.25. The summed E-state index contributed by atoms with van der Waals surface area (Å²) in [5, 5.41) is 8.22. The van der Waals surface area contributed by atoms with E-state index in [1.165, 1.54) is 12.1 Å². The van der Waals surface area contributed by atoms with E-state index in [2.05, 4.69) is 20.9 Å². The molecule has 0 aliphatic heterocycles. The molecule has 0 heterocycles. The smallest absolute Gasteiger partial charge is 0.357 e. The predicted molar refractivity (Wildman–Crippen MR) is 88.1 cm³/mol. The summed E-state index contributed by atoms with van der Waals surface area (Å²) < 4.78 is 49.8. The lowest BCUT2D eigenvalue weighted by Crippen LogP contribution is -2.41. The predicted octanol–water partition coefficient (Wildman–Crippen LogP) is 2.37. The molecule has 140 valence electrons. The maximum Gasteiger partial charge on any atom is 0.390 e. The van der Waals surface area contributed by atoms with Gasteiger partial charge in [-0.2, -0.15) is 13.2 Å². The van der Waals surface area contributed by atoms with Crippen molar-refractivity contribution in [2.24, 2.45) is 4.99 Å². The second-order valence-corrected chi connectivity index (χ2v) is 5.27. The van der Waals surface area contributed by atoms with Crippen LogP contribution in [-0.2, 0) is 0 Å². The topological polar surface area (TPSA) is 65.5 Å². The van der Waals surface area contributed by atoms with Crippen molar-refractivity contribution in [2.45, 2.75) is 26.4 Å². The molecule has 0 atom stereocenters. The van der Waals surface area contributed by atoms with E-state index in [1.807, 2.05) is 0 Å². The zero-order valence-electron chi connectivity index (χ0n) is 14.1. The zero-order valence-corrected chi connectivity index (χ0v) is 14.1. The number of hydrogen-bond donors (Lipinski definition) is 3. The first-order valence-electron chi connectivity index (χ1n) is 7.86. The van der Waals surface area contributed by atoms with Gasteiger partial charge in [-0.25, -0.2) is 4.39 Å². The van der Waals surface area contributed by atoms with Gasteiger partial charge in [-0.05, 0) is 31.5 Å². The van der Waals surface area contributed by atoms with Gasteiger partial charge in [-0.1, -0.05) is 6.07 Å². The second-order valence-electron chi connectivity index (χ2n) is 5.27. The van der Waals surface area contributed by atoms with Crippen LogP contribution in [0.25, 0.3) is 0 Å². The molecule has 0 aromatic heterocycles. The Labute approximate surface area is 143 Å². The highest BCUT2D eigenvalue weighted by molar-refractivity contribution is 5.94. The molecule has 1 rings (SSSR count). The Hall–Kier alpha value is -2.32. The molecule has 0 bridgehead atoms. The van der Waals surface area contributed by atoms with E-state index < -0.39 is 24.3 Å². The number of guanidine groups is 1. The highest BCUT2D eigenvalue weighted by Crippen LogP contribution is 2.18. The fraction of sp³-hybridized carbons (Fsp3) is 0.500. The van der Waals surface area contributed by atoms with E-state index in [0.29, 0.717) is 12.1 Å². The Morgan fingerprint density at radius 2 is 1.84 bits per heavy atom. The number of nitrogens with zero attached hydrogens (tertiary/aromatic N) is 1. The van der Waals surface area contributed by atoms with Gasteiger partial charge in [0.2, 0.25) is 0 Å². The molecule has 0 saturated carbocycles. The van der Waals surface area contributed by atoms with Gasteiger partial charge in [0.15, 0.2) is 5.96 Å². The molecule has 25 heavy (non-hydrogen) atoms. The third kappa shape index (κ3) is 8.37. The lowest BCUT2D eigenvalue weighted by atomic mass is 10.1. The van der Waals surface area contributed by atoms with Gasteiger partial charge in [0, 0.05) is 25.2 Å². The van der Waals surface area contributed by atoms with Gasteiger partial charge in [0.05, 0.1) is 13.0 Å². The van der Waals surface area contributed by atoms with Crippen LogP contribution in [0.2, 0.25) is 0 Å². The van der Waals surface area contributed by atoms with Crippen LogP contribution in [-0.4, -0.2) is 44.2 Å². The highest BCUT2D eigenvalue weighted by atomic mass is 19.4. The van der Waals surface area contributed by atoms with Crippen molar-refractivity contribution in [3.8, 4) is 0 Å². The zero-order chi connectivity index (χ0) is 18.9. The average Bonchev–Trinajstić information content (AvgIpc) is 2.52. The molecule has 0 aliphatic carbocycles. The van der Waals surface area contributed by atoms with E-state index in [9.17, 15) is 22.4 Å². The van der Waals surface area contributed by atoms with Gasteiger partial charge in [0.1, 0.15) is 5.82 Å². The van der Waals surface area contributed by atoms with Crippen molar-refractivity contribution in [2.75, 3.05) is 26.2 Å². The molecule has 9 heteroatoms. The van der Waals surface area contributed by atoms with Crippen molar-refractivity contribution in [1.82, 2.24) is 16.0 Å². The van der Waals surface area contributed by atoms with Crippen LogP contribution < -0.4 is 16.0 Å². The van der Waals surface area contributed by atoms with Crippen LogP contribution >= 0.6 is 0 Å². The van der Waals surface area contributed by atoms with Crippen molar-refractivity contribution in [3.63, 3.8) is 0 Å². The SMILES string of the molecule is CCNC(=NCCC(F)(F)F)NCCNC(=O)c1ccc(C)c(F)c1. The van der Waals surface area contributed by atoms with E-state index in [4.69, 9.17) is 0 Å². The number of carbonyl (C=O) groups excluding carboxylic acids is 1. The summed E-state index contributed by atoms with van der Waals surface area (Å²) in [5.41, 5.74) is 0.650. The van der Waals surface area contributed by atoms with E-state index in [0.717, 1.165) is 6.07 Å². The van der Waals surface area contributed by atoms with E-state index >= 15 is 0 Å². The highest BCUT2D eigenvalue weighted by Gasteiger charge is 2.26. The number of benzene rings is 1. The summed E-state index contributed by atoms with van der Waals surface area (Å²) in [7, 11) is 0. The van der Waals surface area contributed by atoms with Crippen LogP contribution in [0, 0.1) is 12.7 Å². The van der Waals surface area contributed by atoms with Crippen LogP contribution in [0.3, 0.4) is 0 Å². The summed E-state index contributed by atoms with van der Waals surface area (Å²) in [6.07, 6.45) is -5.25. The number of alkyl halides is 3. The first kappa shape index (κ1) is 20.7. The first-order chi connectivity index (χ1) is 11.7. The number of rotatable bonds is 7. The van der Waals surface area contributed by atoms with Gasteiger partial charge < -0.3 is 16.0 Å². The normalized spacial score (nSPS) is 12.0. The van der Waals surface area contributed by atoms with Crippen LogP contribution in [0.5, 0.6) is 0 Å². The Balaban J connectivity index is 2.41. The summed E-state index contributed by atoms with van der Waals surface area (Å²) >= 11 is 0. The van der Waals surface area contributed by atoms with Crippen molar-refractivity contribution < 1.29 is 22.4 Å². The van der Waals surface area contributed by atoms with E-state index in [-0.39, 0.29) is 31.2 Å². The number of nitrogens with one attached hydrogen (secondary N) is 3. The minimum Gasteiger partial charge on any atom is -0.357 e. The van der Waals surface area contributed by atoms with Gasteiger partial charge in [-0.3, -0.25) is 9.79 Å². The Bertz CT molecular complexity index is 602. The minimum absolute atomic E-state index is 0.203. The number of aryl methyl sites for hydroxylation is 1. The molecule has 3 N–H and O–H groups in total. The maximum absolute atomic E-state index is 13.4. The summed E-state index contributed by atoms with van der Waals surface area (Å²) in [6, 6.07) is 4.18. The standard InChI is InChI=1S/C16H22F4N4O/c1-3-21-15(23-7-6-16(18,19)20)24-9-8-22-14(25)12-5-4-11(2)13(17)10-12/h4-5,10H,3,6-9H2,1-2H3,(H,22,25)(H2,21,23,24). The van der Waals surface area contributed by atoms with Crippen LogP contribution in [0.1, 0.15) is 29.3 Å². The fourth-order valence-electron chi connectivity index (χ4n) is 1.83. The van der Waals surface area contributed by atoms with Crippen molar-refractivity contribution in [3.05, 3.63) is 35.1 Å². The second kappa shape index (κ2) is 9.85. The number of hydrogen-bond acceptors (Lipinski definition) is 2. The molecule has 1 aromatic rings. The van der Waals surface area contributed by atoms with Crippen LogP contribution in [0.15, 0.2) is 23.2 Å². The fourth-order valence-corrected chi connectivity index (χ4v) is 1.83. The lowest BCUT2D eigenvalue weighted by molar-refractivity contribution is -0.132. The quantitative estimate of drug-likeness (QED) is 0.302. The van der Waals surface area contributed by atoms with Crippen LogP contribution in [0.4, 0.5) is 17.6 Å². The summed E-state index contributed by atoms with van der Waals surface area (Å²) in [6.45, 7) is 3.96. The third-order valence-corrected chi connectivity index (χ3v) is 3.15. The molecular formula is C16H22F4N4O. The number of aliphatic imine (C=N–C) groups is 1. The van der Waals surface area contributed by atoms with Crippen molar-refractivity contribution >= 4 is 11.9 Å². The molecule has 0 unspecified atom stereocenters. The molecule has 5 nitrogen and oxygen atoms in total. The molecule has 0 fully saturated rings. The van der Waals surface area contributed by atoms with Gasteiger partial charge in [-0.15, -0.1) is 0 Å². The number of carbonyl (C=O) groups is 1. The molecule has 1 aromatic carbocycles.